The van der Waals surface area contributed by atoms with Crippen LogP contribution in [-0.2, 0) is 34.0 Å². The third-order valence-electron chi connectivity index (χ3n) is 11.8. The third-order valence-corrected chi connectivity index (χ3v) is 16.8. The number of hydrogen-bond donors (Lipinski definition) is 0. The van der Waals surface area contributed by atoms with Gasteiger partial charge >= 0.3 is 42.6 Å². The fraction of sp³-hybridized carbons (Fsp3) is 0.196. The topological polar surface area (TPSA) is 0 Å². The summed E-state index contributed by atoms with van der Waals surface area (Å²) in [7, 11) is 12.0. The van der Waals surface area contributed by atoms with Crippen LogP contribution >= 0.6 is 27.9 Å². The quantitative estimate of drug-likeness (QED) is 0.0731. The maximum absolute atomic E-state index is 4.97. The Morgan fingerprint density at radius 3 is 0.929 bits per heavy atom. The summed E-state index contributed by atoms with van der Waals surface area (Å²) in [6.45, 7) is 16.1. The van der Waals surface area contributed by atoms with Crippen LogP contribution in [0.3, 0.4) is 0 Å². The average Bonchev–Trinajstić information content (AvgIpc) is 3.43. The molecule has 5 heteroatoms. The summed E-state index contributed by atoms with van der Waals surface area (Å²) >= 11 is -1.92. The van der Waals surface area contributed by atoms with Gasteiger partial charge in [0.2, 0.25) is 0 Å². The van der Waals surface area contributed by atoms with Crippen LogP contribution in [0.25, 0.3) is 33.4 Å². The van der Waals surface area contributed by atoms with E-state index in [4.69, 9.17) is 27.9 Å². The fourth-order valence-electron chi connectivity index (χ4n) is 8.31. The van der Waals surface area contributed by atoms with Crippen molar-refractivity contribution in [3.8, 4) is 33.4 Å². The predicted octanol–water partition coefficient (Wildman–Crippen LogP) is 12.8. The number of halogens is 3. The van der Waals surface area contributed by atoms with Crippen molar-refractivity contribution >= 4 is 56.7 Å². The Balaban J connectivity index is 0.00000127. The van der Waals surface area contributed by atoms with Crippen molar-refractivity contribution < 1.29 is 14.7 Å². The Morgan fingerprint density at radius 2 is 0.679 bits per heavy atom. The van der Waals surface area contributed by atoms with Crippen LogP contribution in [0.4, 0.5) is 0 Å². The standard InChI is InChI=1S/C51H51Si.3ClH.Ti/c1-8-39-20-26-42(27-21-39)45-14-11-17-48(32-45)52(51-37(6)35(4)36(5)38(51)7,49-18-12-15-46(33-49)43-28-22-40(9-2)23-29-43)50-19-13-16-47(34-50)44-30-24-41(10-3)25-31-44;;;;/h11-34H,8-10H2,1-7H3;3*1H;/q-1;;;;+4/p-3. The minimum atomic E-state index is -2.95. The van der Waals surface area contributed by atoms with Crippen molar-refractivity contribution in [2.24, 2.45) is 0 Å². The van der Waals surface area contributed by atoms with Crippen LogP contribution in [0.5, 0.6) is 0 Å². The number of benzene rings is 6. The third kappa shape index (κ3) is 8.80. The zero-order chi connectivity index (χ0) is 40.0. The van der Waals surface area contributed by atoms with E-state index in [-0.39, 0.29) is 0 Å². The van der Waals surface area contributed by atoms with Crippen LogP contribution in [-0.4, -0.2) is 8.07 Å². The second-order valence-corrected chi connectivity index (χ2v) is 26.2. The van der Waals surface area contributed by atoms with Gasteiger partial charge in [0, 0.05) is 0 Å². The monoisotopic (exact) mass is 844 g/mol. The van der Waals surface area contributed by atoms with Crippen molar-refractivity contribution in [2.75, 3.05) is 0 Å². The van der Waals surface area contributed by atoms with Gasteiger partial charge in [0.15, 0.2) is 0 Å². The summed E-state index contributed by atoms with van der Waals surface area (Å²) < 4.78 is 0. The molecule has 7 aromatic carbocycles. The van der Waals surface area contributed by atoms with E-state index < -0.39 is 22.8 Å². The Labute approximate surface area is 354 Å². The van der Waals surface area contributed by atoms with E-state index in [1.54, 1.807) is 0 Å². The first-order valence-corrected chi connectivity index (χ1v) is 28.1. The normalized spacial score (nSPS) is 11.2. The molecule has 7 rings (SSSR count). The SMILES string of the molecule is CCc1ccc(-c2cccc([Si](c3cccc(-c4ccc(CC)cc4)c3)(c3cccc(-c4ccc(CC)cc4)c3)[c-]3c(C)c(C)c(C)c3C)c2)cc1.[Cl][Ti+]([Cl])[Cl]. The molecule has 0 aromatic heterocycles. The molecule has 0 radical (unpaired) electrons. The molecule has 0 atom stereocenters. The van der Waals surface area contributed by atoms with Crippen molar-refractivity contribution in [3.05, 3.63) is 185 Å². The second-order valence-electron chi connectivity index (χ2n) is 14.7. The molecule has 0 N–H and O–H groups in total. The Kier molecular flexibility index (Phi) is 14.1. The minimum absolute atomic E-state index is 1.04. The van der Waals surface area contributed by atoms with E-state index in [2.05, 4.69) is 194 Å². The molecule has 0 aliphatic heterocycles. The van der Waals surface area contributed by atoms with Crippen molar-refractivity contribution in [1.29, 1.82) is 0 Å². The summed E-state index contributed by atoms with van der Waals surface area (Å²) in [6, 6.07) is 56.1. The molecule has 7 aromatic rings. The van der Waals surface area contributed by atoms with Crippen LogP contribution in [0.2, 0.25) is 0 Å². The van der Waals surface area contributed by atoms with Gasteiger partial charge in [-0.1, -0.05) is 210 Å². The molecule has 0 nitrogen and oxygen atoms in total. The molecule has 56 heavy (non-hydrogen) atoms. The van der Waals surface area contributed by atoms with Gasteiger partial charge in [-0.25, -0.2) is 0 Å². The number of hydrogen-bond acceptors (Lipinski definition) is 0. The maximum atomic E-state index is 4.97. The van der Waals surface area contributed by atoms with Crippen molar-refractivity contribution in [1.82, 2.24) is 0 Å². The zero-order valence-electron chi connectivity index (χ0n) is 33.6. The molecule has 0 bridgehead atoms. The molecular weight excluding hydrogens is 795 g/mol. The van der Waals surface area contributed by atoms with Crippen LogP contribution in [0.15, 0.2) is 146 Å². The molecule has 0 aliphatic rings. The van der Waals surface area contributed by atoms with E-state index in [0.29, 0.717) is 0 Å². The van der Waals surface area contributed by atoms with E-state index in [9.17, 15) is 0 Å². The molecule has 0 aliphatic carbocycles. The summed E-state index contributed by atoms with van der Waals surface area (Å²) in [5.74, 6) is 0. The molecule has 0 fully saturated rings. The molecular formula is C51H51Cl3SiTi. The Bertz CT molecular complexity index is 2140. The summed E-state index contributed by atoms with van der Waals surface area (Å²) in [4.78, 5) is 0. The second kappa shape index (κ2) is 18.8. The molecule has 0 heterocycles. The van der Waals surface area contributed by atoms with Gasteiger partial charge in [-0.2, -0.15) is 22.3 Å². The van der Waals surface area contributed by atoms with Crippen LogP contribution < -0.4 is 20.7 Å². The van der Waals surface area contributed by atoms with E-state index in [1.807, 2.05) is 0 Å². The average molecular weight is 846 g/mol. The summed E-state index contributed by atoms with van der Waals surface area (Å²) in [5.41, 5.74) is 17.4. The van der Waals surface area contributed by atoms with E-state index >= 15 is 0 Å². The molecule has 0 saturated heterocycles. The zero-order valence-corrected chi connectivity index (χ0v) is 38.4. The van der Waals surface area contributed by atoms with Gasteiger partial charge < -0.3 is 0 Å². The predicted molar refractivity (Wildman–Crippen MR) is 247 cm³/mol. The number of aryl methyl sites for hydroxylation is 3. The van der Waals surface area contributed by atoms with Gasteiger partial charge in [-0.05, 0) is 69.3 Å². The summed E-state index contributed by atoms with van der Waals surface area (Å²) in [6.07, 6.45) is 3.12. The molecule has 284 valence electrons. The molecule has 0 unspecified atom stereocenters. The van der Waals surface area contributed by atoms with Crippen molar-refractivity contribution in [3.63, 3.8) is 0 Å². The van der Waals surface area contributed by atoms with Crippen molar-refractivity contribution in [2.45, 2.75) is 67.7 Å². The first kappa shape index (κ1) is 42.1. The van der Waals surface area contributed by atoms with E-state index in [0.717, 1.165) is 19.3 Å². The molecule has 0 spiro atoms. The van der Waals surface area contributed by atoms with Gasteiger partial charge in [0.05, 0.1) is 0 Å². The van der Waals surface area contributed by atoms with Gasteiger partial charge in [0.25, 0.3) is 0 Å². The molecule has 0 saturated carbocycles. The Hall–Kier alpha value is -3.53. The summed E-state index contributed by atoms with van der Waals surface area (Å²) in [5, 5.41) is 5.77. The number of rotatable bonds is 10. The van der Waals surface area contributed by atoms with Gasteiger partial charge in [-0.15, -0.1) is 5.19 Å². The first-order chi connectivity index (χ1) is 27.0. The van der Waals surface area contributed by atoms with Gasteiger partial charge in [-0.3, -0.25) is 0 Å². The van der Waals surface area contributed by atoms with Crippen LogP contribution in [0.1, 0.15) is 59.7 Å². The fourth-order valence-corrected chi connectivity index (χ4v) is 13.8. The van der Waals surface area contributed by atoms with Gasteiger partial charge in [0.1, 0.15) is 8.07 Å². The molecule has 0 amide bonds. The van der Waals surface area contributed by atoms with E-state index in [1.165, 1.54) is 93.1 Å². The first-order valence-electron chi connectivity index (χ1n) is 19.7. The Morgan fingerprint density at radius 1 is 0.411 bits per heavy atom. The van der Waals surface area contributed by atoms with Crippen LogP contribution in [0, 0.1) is 27.7 Å².